The molecule has 0 saturated heterocycles. The first-order chi connectivity index (χ1) is 9.31. The van der Waals surface area contributed by atoms with E-state index in [2.05, 4.69) is 4.74 Å². The van der Waals surface area contributed by atoms with Gasteiger partial charge >= 0.3 is 6.36 Å². The quantitative estimate of drug-likeness (QED) is 0.927. The number of alkyl halides is 3. The average molecular weight is 288 g/mol. The second-order valence-electron chi connectivity index (χ2n) is 4.59. The molecule has 0 aromatic heterocycles. The molecule has 1 amide bonds. The zero-order valence-corrected chi connectivity index (χ0v) is 10.9. The summed E-state index contributed by atoms with van der Waals surface area (Å²) in [7, 11) is 0. The van der Waals surface area contributed by atoms with Crippen LogP contribution < -0.4 is 15.4 Å². The van der Waals surface area contributed by atoms with Crippen LogP contribution in [0.4, 0.5) is 18.9 Å². The van der Waals surface area contributed by atoms with Crippen molar-refractivity contribution >= 4 is 11.6 Å². The summed E-state index contributed by atoms with van der Waals surface area (Å²) >= 11 is 0. The molecule has 1 heterocycles. The maximum Gasteiger partial charge on any atom is 0.573 e. The second kappa shape index (κ2) is 5.32. The van der Waals surface area contributed by atoms with E-state index < -0.39 is 12.4 Å². The fraction of sp³-hybridized carbons (Fsp3) is 0.462. The lowest BCUT2D eigenvalue weighted by molar-refractivity contribution is -0.274. The highest BCUT2D eigenvalue weighted by Gasteiger charge is 2.32. The second-order valence-corrected chi connectivity index (χ2v) is 4.59. The molecule has 0 spiro atoms. The van der Waals surface area contributed by atoms with Crippen LogP contribution in [0.2, 0.25) is 0 Å². The van der Waals surface area contributed by atoms with Gasteiger partial charge in [0, 0.05) is 12.2 Å². The highest BCUT2D eigenvalue weighted by atomic mass is 19.4. The van der Waals surface area contributed by atoms with Gasteiger partial charge in [0.25, 0.3) is 0 Å². The minimum atomic E-state index is -4.72. The molecular weight excluding hydrogens is 273 g/mol. The van der Waals surface area contributed by atoms with E-state index in [0.29, 0.717) is 30.6 Å². The number of amides is 1. The lowest BCUT2D eigenvalue weighted by Gasteiger charge is -2.21. The molecule has 0 bridgehead atoms. The summed E-state index contributed by atoms with van der Waals surface area (Å²) < 4.78 is 40.3. The van der Waals surface area contributed by atoms with Gasteiger partial charge in [-0.2, -0.15) is 0 Å². The third kappa shape index (κ3) is 3.04. The van der Waals surface area contributed by atoms with Gasteiger partial charge in [-0.25, -0.2) is 0 Å². The van der Waals surface area contributed by atoms with Crippen LogP contribution in [0.25, 0.3) is 0 Å². The van der Waals surface area contributed by atoms with E-state index in [1.807, 2.05) is 0 Å². The molecule has 0 saturated carbocycles. The van der Waals surface area contributed by atoms with Crippen molar-refractivity contribution in [3.8, 4) is 5.75 Å². The Labute approximate surface area is 114 Å². The van der Waals surface area contributed by atoms with Crippen molar-refractivity contribution in [2.75, 3.05) is 11.4 Å². The van der Waals surface area contributed by atoms with Gasteiger partial charge < -0.3 is 15.4 Å². The van der Waals surface area contributed by atoms with Crippen LogP contribution in [0.15, 0.2) is 18.2 Å². The summed E-state index contributed by atoms with van der Waals surface area (Å²) in [5, 5.41) is 0. The Kier molecular flexibility index (Phi) is 3.89. The molecule has 2 rings (SSSR count). The Bertz CT molecular complexity index is 517. The predicted molar refractivity (Wildman–Crippen MR) is 67.4 cm³/mol. The Hall–Kier alpha value is -1.76. The van der Waals surface area contributed by atoms with Crippen molar-refractivity contribution in [2.45, 2.75) is 32.2 Å². The number of nitrogens with two attached hydrogens (primary N) is 1. The van der Waals surface area contributed by atoms with E-state index in [4.69, 9.17) is 5.73 Å². The summed E-state index contributed by atoms with van der Waals surface area (Å²) in [6.45, 7) is 2.23. The van der Waals surface area contributed by atoms with Gasteiger partial charge in [0.1, 0.15) is 5.75 Å². The summed E-state index contributed by atoms with van der Waals surface area (Å²) in [4.78, 5) is 13.6. The molecule has 1 atom stereocenters. The number of ether oxygens (including phenoxy) is 1. The predicted octanol–water partition coefficient (Wildman–Crippen LogP) is 2.21. The fourth-order valence-corrected chi connectivity index (χ4v) is 2.18. The number of halogens is 3. The first-order valence-electron chi connectivity index (χ1n) is 6.27. The zero-order chi connectivity index (χ0) is 14.9. The van der Waals surface area contributed by atoms with Crippen LogP contribution in [0.5, 0.6) is 5.75 Å². The van der Waals surface area contributed by atoms with Crippen LogP contribution in [0.1, 0.15) is 18.9 Å². The number of carbonyl (C=O) groups is 1. The number of benzene rings is 1. The zero-order valence-electron chi connectivity index (χ0n) is 10.9. The Morgan fingerprint density at radius 1 is 1.50 bits per heavy atom. The van der Waals surface area contributed by atoms with E-state index in [1.54, 1.807) is 6.92 Å². The molecular formula is C13H15F3N2O2. The maximum atomic E-state index is 12.1. The van der Waals surface area contributed by atoms with E-state index in [0.717, 1.165) is 0 Å². The number of hydrogen-bond donors (Lipinski definition) is 1. The van der Waals surface area contributed by atoms with E-state index >= 15 is 0 Å². The molecule has 1 aromatic rings. The molecule has 4 nitrogen and oxygen atoms in total. The van der Waals surface area contributed by atoms with E-state index in [9.17, 15) is 18.0 Å². The van der Waals surface area contributed by atoms with Crippen LogP contribution in [0, 0.1) is 0 Å². The first kappa shape index (κ1) is 14.6. The average Bonchev–Trinajstić information content (AvgIpc) is 2.77. The van der Waals surface area contributed by atoms with E-state index in [1.165, 1.54) is 23.1 Å². The van der Waals surface area contributed by atoms with Crippen molar-refractivity contribution in [2.24, 2.45) is 5.73 Å². The van der Waals surface area contributed by atoms with Crippen LogP contribution >= 0.6 is 0 Å². The minimum absolute atomic E-state index is 0.212. The largest absolute Gasteiger partial charge is 0.573 e. The van der Waals surface area contributed by atoms with Gasteiger partial charge in [-0.05, 0) is 36.6 Å². The Morgan fingerprint density at radius 2 is 2.20 bits per heavy atom. The van der Waals surface area contributed by atoms with Crippen LogP contribution in [-0.4, -0.2) is 24.9 Å². The van der Waals surface area contributed by atoms with Crippen molar-refractivity contribution in [3.63, 3.8) is 0 Å². The molecule has 0 fully saturated rings. The lowest BCUT2D eigenvalue weighted by atomic mass is 10.1. The third-order valence-corrected chi connectivity index (χ3v) is 3.20. The molecule has 1 aliphatic heterocycles. The van der Waals surface area contributed by atoms with Crippen molar-refractivity contribution in [3.05, 3.63) is 23.8 Å². The number of hydrogen-bond acceptors (Lipinski definition) is 3. The normalized spacial score (nSPS) is 15.9. The summed E-state index contributed by atoms with van der Waals surface area (Å²) in [5.41, 5.74) is 6.96. The molecule has 0 aliphatic carbocycles. The van der Waals surface area contributed by atoms with E-state index in [-0.39, 0.29) is 11.7 Å². The Morgan fingerprint density at radius 3 is 2.80 bits per heavy atom. The number of anilines is 1. The molecule has 1 aromatic carbocycles. The number of nitrogens with zero attached hydrogens (tertiary/aromatic N) is 1. The smallest absolute Gasteiger partial charge is 0.406 e. The highest BCUT2D eigenvalue weighted by molar-refractivity contribution is 5.98. The molecule has 1 aliphatic rings. The van der Waals surface area contributed by atoms with Crippen molar-refractivity contribution in [1.82, 2.24) is 0 Å². The van der Waals surface area contributed by atoms with Crippen molar-refractivity contribution in [1.29, 1.82) is 0 Å². The maximum absolute atomic E-state index is 12.1. The number of rotatable bonds is 3. The van der Waals surface area contributed by atoms with Gasteiger partial charge in [-0.3, -0.25) is 4.79 Å². The highest BCUT2D eigenvalue weighted by Crippen LogP contribution is 2.33. The topological polar surface area (TPSA) is 55.6 Å². The monoisotopic (exact) mass is 288 g/mol. The fourth-order valence-electron chi connectivity index (χ4n) is 2.18. The molecule has 0 radical (unpaired) electrons. The molecule has 20 heavy (non-hydrogen) atoms. The van der Waals surface area contributed by atoms with Crippen LogP contribution in [0.3, 0.4) is 0 Å². The lowest BCUT2D eigenvalue weighted by Crippen LogP contribution is -2.42. The SMILES string of the molecule is CC[C@H](N)C(=O)N1CCc2cc(OC(F)(F)F)ccc21. The molecule has 2 N–H and O–H groups in total. The summed E-state index contributed by atoms with van der Waals surface area (Å²) in [6.07, 6.45) is -3.71. The summed E-state index contributed by atoms with van der Waals surface area (Å²) in [5.74, 6) is -0.485. The Balaban J connectivity index is 2.20. The van der Waals surface area contributed by atoms with Crippen molar-refractivity contribution < 1.29 is 22.7 Å². The number of carbonyl (C=O) groups excluding carboxylic acids is 1. The van der Waals surface area contributed by atoms with Gasteiger partial charge in [-0.15, -0.1) is 13.2 Å². The molecule has 0 unspecified atom stereocenters. The molecule has 7 heteroatoms. The van der Waals surface area contributed by atoms with Gasteiger partial charge in [-0.1, -0.05) is 6.92 Å². The standard InChI is InChI=1S/C13H15F3N2O2/c1-2-10(17)12(19)18-6-5-8-7-9(3-4-11(8)18)20-13(14,15)16/h3-4,7,10H,2,5-6,17H2,1H3/t10-/m0/s1. The van der Waals surface area contributed by atoms with Gasteiger partial charge in [0.2, 0.25) is 5.91 Å². The van der Waals surface area contributed by atoms with Crippen LogP contribution in [-0.2, 0) is 11.2 Å². The number of fused-ring (bicyclic) bond motifs is 1. The third-order valence-electron chi connectivity index (χ3n) is 3.20. The molecule has 110 valence electrons. The minimum Gasteiger partial charge on any atom is -0.406 e. The first-order valence-corrected chi connectivity index (χ1v) is 6.27. The van der Waals surface area contributed by atoms with Gasteiger partial charge in [0.15, 0.2) is 0 Å². The summed E-state index contributed by atoms with van der Waals surface area (Å²) in [6, 6.07) is 3.39. The van der Waals surface area contributed by atoms with Gasteiger partial charge in [0.05, 0.1) is 6.04 Å².